The first-order chi connectivity index (χ1) is 13.4. The Hall–Kier alpha value is -2.87. The first kappa shape index (κ1) is 19.9. The van der Waals surface area contributed by atoms with E-state index in [9.17, 15) is 18.0 Å². The summed E-state index contributed by atoms with van der Waals surface area (Å²) in [7, 11) is 0. The molecule has 0 aliphatic heterocycles. The number of halogens is 3. The molecular weight excluding hydrogens is 371 g/mol. The Kier molecular flexibility index (Phi) is 5.99. The van der Waals surface area contributed by atoms with Gasteiger partial charge >= 0.3 is 6.18 Å². The maximum atomic E-state index is 12.7. The standard InChI is InChI=1S/C20H20F3N3O2/c1-2-28-13-5-12-26-17-7-4-3-6-16(17)24-19(26)25-18(27)14-8-10-15(11-9-14)20(21,22)23/h3-4,6-11H,2,5,12-13H2,1H3,(H,24,25,27). The van der Waals surface area contributed by atoms with Crippen LogP contribution in [0, 0.1) is 0 Å². The molecule has 8 heteroatoms. The number of nitrogens with one attached hydrogen (secondary N) is 1. The quantitative estimate of drug-likeness (QED) is 0.592. The fourth-order valence-electron chi connectivity index (χ4n) is 2.85. The molecule has 1 heterocycles. The summed E-state index contributed by atoms with van der Waals surface area (Å²) in [6.07, 6.45) is -3.71. The van der Waals surface area contributed by atoms with Crippen molar-refractivity contribution >= 4 is 22.9 Å². The third kappa shape index (κ3) is 4.51. The Morgan fingerprint density at radius 3 is 2.54 bits per heavy atom. The molecule has 0 aliphatic carbocycles. The van der Waals surface area contributed by atoms with Crippen LogP contribution in [0.5, 0.6) is 0 Å². The molecule has 0 fully saturated rings. The van der Waals surface area contributed by atoms with Crippen molar-refractivity contribution in [3.63, 3.8) is 0 Å². The van der Waals surface area contributed by atoms with E-state index in [0.29, 0.717) is 25.7 Å². The van der Waals surface area contributed by atoms with Gasteiger partial charge in [0.2, 0.25) is 5.95 Å². The normalized spacial score (nSPS) is 11.7. The third-order valence-electron chi connectivity index (χ3n) is 4.23. The lowest BCUT2D eigenvalue weighted by molar-refractivity contribution is -0.137. The highest BCUT2D eigenvalue weighted by molar-refractivity contribution is 6.04. The topological polar surface area (TPSA) is 56.1 Å². The molecule has 0 atom stereocenters. The smallest absolute Gasteiger partial charge is 0.382 e. The number of benzene rings is 2. The number of carbonyl (C=O) groups is 1. The summed E-state index contributed by atoms with van der Waals surface area (Å²) in [6.45, 7) is 3.71. The molecule has 0 aliphatic rings. The number of aryl methyl sites for hydroxylation is 1. The Labute approximate surface area is 160 Å². The summed E-state index contributed by atoms with van der Waals surface area (Å²) in [4.78, 5) is 17.0. The second-order valence-electron chi connectivity index (χ2n) is 6.16. The average molecular weight is 391 g/mol. The molecular formula is C20H20F3N3O2. The van der Waals surface area contributed by atoms with Gasteiger partial charge in [-0.05, 0) is 49.7 Å². The van der Waals surface area contributed by atoms with Gasteiger partial charge in [0.15, 0.2) is 0 Å². The van der Waals surface area contributed by atoms with Crippen LogP contribution in [0.15, 0.2) is 48.5 Å². The van der Waals surface area contributed by atoms with Crippen LogP contribution in [0.3, 0.4) is 0 Å². The molecule has 1 amide bonds. The van der Waals surface area contributed by atoms with Crippen LogP contribution >= 0.6 is 0 Å². The van der Waals surface area contributed by atoms with Gasteiger partial charge in [-0.25, -0.2) is 4.98 Å². The zero-order valence-electron chi connectivity index (χ0n) is 15.3. The number of hydrogen-bond acceptors (Lipinski definition) is 3. The van der Waals surface area contributed by atoms with E-state index in [4.69, 9.17) is 4.74 Å². The van der Waals surface area contributed by atoms with Gasteiger partial charge in [-0.15, -0.1) is 0 Å². The number of imidazole rings is 1. The fourth-order valence-corrected chi connectivity index (χ4v) is 2.85. The van der Waals surface area contributed by atoms with Crippen molar-refractivity contribution in [2.24, 2.45) is 0 Å². The predicted molar refractivity (Wildman–Crippen MR) is 100 cm³/mol. The average Bonchev–Trinajstić information content (AvgIpc) is 3.02. The number of aromatic nitrogens is 2. The summed E-state index contributed by atoms with van der Waals surface area (Å²) in [6, 6.07) is 11.5. The Balaban J connectivity index is 1.81. The number of rotatable bonds is 7. The van der Waals surface area contributed by atoms with E-state index in [0.717, 1.165) is 41.7 Å². The second kappa shape index (κ2) is 8.43. The summed E-state index contributed by atoms with van der Waals surface area (Å²) in [5.74, 6) is -0.169. The molecule has 3 rings (SSSR count). The van der Waals surface area contributed by atoms with E-state index >= 15 is 0 Å². The summed E-state index contributed by atoms with van der Waals surface area (Å²) in [5, 5.41) is 2.71. The fraction of sp³-hybridized carbons (Fsp3) is 0.300. The number of ether oxygens (including phenoxy) is 1. The molecule has 5 nitrogen and oxygen atoms in total. The second-order valence-corrected chi connectivity index (χ2v) is 6.16. The number of hydrogen-bond donors (Lipinski definition) is 1. The van der Waals surface area contributed by atoms with Crippen molar-refractivity contribution in [3.05, 3.63) is 59.7 Å². The largest absolute Gasteiger partial charge is 0.416 e. The zero-order valence-corrected chi connectivity index (χ0v) is 15.3. The monoisotopic (exact) mass is 391 g/mol. The minimum Gasteiger partial charge on any atom is -0.382 e. The van der Waals surface area contributed by atoms with E-state index in [2.05, 4.69) is 10.3 Å². The Bertz CT molecular complexity index is 949. The summed E-state index contributed by atoms with van der Waals surface area (Å²) >= 11 is 0. The van der Waals surface area contributed by atoms with Gasteiger partial charge in [0.05, 0.1) is 16.6 Å². The molecule has 1 N–H and O–H groups in total. The van der Waals surface area contributed by atoms with Crippen LogP contribution in [-0.2, 0) is 17.5 Å². The molecule has 0 unspecified atom stereocenters. The lowest BCUT2D eigenvalue weighted by Crippen LogP contribution is -2.17. The lowest BCUT2D eigenvalue weighted by Gasteiger charge is -2.11. The lowest BCUT2D eigenvalue weighted by atomic mass is 10.1. The first-order valence-electron chi connectivity index (χ1n) is 8.91. The van der Waals surface area contributed by atoms with Gasteiger partial charge in [0.25, 0.3) is 5.91 Å². The number of para-hydroxylation sites is 2. The molecule has 0 saturated heterocycles. The molecule has 28 heavy (non-hydrogen) atoms. The number of anilines is 1. The molecule has 0 radical (unpaired) electrons. The van der Waals surface area contributed by atoms with Gasteiger partial charge in [-0.2, -0.15) is 13.2 Å². The van der Waals surface area contributed by atoms with E-state index in [1.54, 1.807) is 0 Å². The van der Waals surface area contributed by atoms with E-state index in [1.807, 2.05) is 35.8 Å². The Morgan fingerprint density at radius 2 is 1.86 bits per heavy atom. The van der Waals surface area contributed by atoms with Crippen molar-refractivity contribution in [1.82, 2.24) is 9.55 Å². The number of carbonyl (C=O) groups excluding carboxylic acids is 1. The number of amides is 1. The van der Waals surface area contributed by atoms with Crippen LogP contribution < -0.4 is 5.32 Å². The van der Waals surface area contributed by atoms with Crippen molar-refractivity contribution in [2.75, 3.05) is 18.5 Å². The molecule has 0 saturated carbocycles. The molecule has 3 aromatic rings. The van der Waals surface area contributed by atoms with Crippen molar-refractivity contribution in [1.29, 1.82) is 0 Å². The molecule has 0 spiro atoms. The predicted octanol–water partition coefficient (Wildman–Crippen LogP) is 4.73. The maximum Gasteiger partial charge on any atom is 0.416 e. The third-order valence-corrected chi connectivity index (χ3v) is 4.23. The highest BCUT2D eigenvalue weighted by atomic mass is 19.4. The van der Waals surface area contributed by atoms with Crippen molar-refractivity contribution < 1.29 is 22.7 Å². The van der Waals surface area contributed by atoms with E-state index < -0.39 is 17.6 Å². The Morgan fingerprint density at radius 1 is 1.14 bits per heavy atom. The maximum absolute atomic E-state index is 12.7. The number of alkyl halides is 3. The van der Waals surface area contributed by atoms with Gasteiger partial charge in [-0.3, -0.25) is 10.1 Å². The van der Waals surface area contributed by atoms with Crippen molar-refractivity contribution in [3.8, 4) is 0 Å². The van der Waals surface area contributed by atoms with Gasteiger partial charge < -0.3 is 9.30 Å². The SMILES string of the molecule is CCOCCCn1c(NC(=O)c2ccc(C(F)(F)F)cc2)nc2ccccc21. The highest BCUT2D eigenvalue weighted by Gasteiger charge is 2.30. The molecule has 0 bridgehead atoms. The van der Waals surface area contributed by atoms with Crippen molar-refractivity contribution in [2.45, 2.75) is 26.1 Å². The summed E-state index contributed by atoms with van der Waals surface area (Å²) < 4.78 is 45.3. The van der Waals surface area contributed by atoms with Crippen LogP contribution in [0.4, 0.5) is 19.1 Å². The van der Waals surface area contributed by atoms with Crippen LogP contribution in [0.1, 0.15) is 29.3 Å². The summed E-state index contributed by atoms with van der Waals surface area (Å²) in [5.41, 5.74) is 0.913. The van der Waals surface area contributed by atoms with Gasteiger partial charge in [-0.1, -0.05) is 12.1 Å². The minimum atomic E-state index is -4.44. The first-order valence-corrected chi connectivity index (χ1v) is 8.91. The number of nitrogens with zero attached hydrogens (tertiary/aromatic N) is 2. The minimum absolute atomic E-state index is 0.126. The van der Waals surface area contributed by atoms with Crippen LogP contribution in [-0.4, -0.2) is 28.7 Å². The van der Waals surface area contributed by atoms with E-state index in [-0.39, 0.29) is 5.56 Å². The van der Waals surface area contributed by atoms with Gasteiger partial charge in [0.1, 0.15) is 0 Å². The highest BCUT2D eigenvalue weighted by Crippen LogP contribution is 2.29. The van der Waals surface area contributed by atoms with E-state index in [1.165, 1.54) is 0 Å². The molecule has 1 aromatic heterocycles. The van der Waals surface area contributed by atoms with Crippen LogP contribution in [0.2, 0.25) is 0 Å². The van der Waals surface area contributed by atoms with Gasteiger partial charge in [0, 0.05) is 25.3 Å². The zero-order chi connectivity index (χ0) is 20.1. The van der Waals surface area contributed by atoms with Crippen LogP contribution in [0.25, 0.3) is 11.0 Å². The molecule has 148 valence electrons. The number of fused-ring (bicyclic) bond motifs is 1. The molecule has 2 aromatic carbocycles.